The highest BCUT2D eigenvalue weighted by Gasteiger charge is 2.30. The molecule has 0 saturated carbocycles. The molecule has 1 unspecified atom stereocenters. The van der Waals surface area contributed by atoms with E-state index in [1.165, 1.54) is 0 Å². The van der Waals surface area contributed by atoms with E-state index in [2.05, 4.69) is 15.0 Å². The van der Waals surface area contributed by atoms with Crippen molar-refractivity contribution in [2.75, 3.05) is 13.2 Å². The molecular weight excluding hydrogens is 404 g/mol. The van der Waals surface area contributed by atoms with Gasteiger partial charge < -0.3 is 15.0 Å². The standard InChI is InChI=1S/C21H24N4O4S/c1-13(2)30(28,29)16-7-5-14(6-8-16)18-11-23-20-19(24-18)17(10-22-20)21(27)25-9-3-4-15(25)12-26/h5-8,10-11,13,15,26H,3-4,9,12H2,1-2H3,(H,22,23). The van der Waals surface area contributed by atoms with Gasteiger partial charge in [0.15, 0.2) is 15.5 Å². The van der Waals surface area contributed by atoms with Crippen LogP contribution in [0.15, 0.2) is 41.6 Å². The number of hydrogen-bond acceptors (Lipinski definition) is 6. The van der Waals surface area contributed by atoms with E-state index in [1.54, 1.807) is 55.4 Å². The molecule has 4 rings (SSSR count). The number of amides is 1. The molecule has 1 atom stereocenters. The van der Waals surface area contributed by atoms with Crippen LogP contribution in [0.4, 0.5) is 0 Å². The van der Waals surface area contributed by atoms with Gasteiger partial charge in [-0.25, -0.2) is 18.4 Å². The average molecular weight is 429 g/mol. The van der Waals surface area contributed by atoms with E-state index in [0.29, 0.717) is 34.5 Å². The maximum atomic E-state index is 13.0. The Kier molecular flexibility index (Phi) is 5.33. The quantitative estimate of drug-likeness (QED) is 0.645. The molecule has 2 N–H and O–H groups in total. The molecule has 30 heavy (non-hydrogen) atoms. The summed E-state index contributed by atoms with van der Waals surface area (Å²) in [7, 11) is -3.35. The van der Waals surface area contributed by atoms with E-state index < -0.39 is 15.1 Å². The molecule has 9 heteroatoms. The molecule has 3 aromatic rings. The summed E-state index contributed by atoms with van der Waals surface area (Å²) >= 11 is 0. The first kappa shape index (κ1) is 20.5. The number of nitrogens with one attached hydrogen (secondary N) is 1. The molecule has 8 nitrogen and oxygen atoms in total. The van der Waals surface area contributed by atoms with Crippen LogP contribution < -0.4 is 0 Å². The zero-order valence-electron chi connectivity index (χ0n) is 16.9. The number of rotatable bonds is 5. The Morgan fingerprint density at radius 3 is 2.70 bits per heavy atom. The number of aliphatic hydroxyl groups is 1. The highest BCUT2D eigenvalue weighted by atomic mass is 32.2. The van der Waals surface area contributed by atoms with Crippen LogP contribution in [0, 0.1) is 0 Å². The van der Waals surface area contributed by atoms with Gasteiger partial charge in [-0.15, -0.1) is 0 Å². The lowest BCUT2D eigenvalue weighted by Crippen LogP contribution is -2.37. The molecule has 158 valence electrons. The van der Waals surface area contributed by atoms with E-state index in [0.717, 1.165) is 12.8 Å². The maximum Gasteiger partial charge on any atom is 0.258 e. The topological polar surface area (TPSA) is 116 Å². The van der Waals surface area contributed by atoms with E-state index in [-0.39, 0.29) is 23.5 Å². The van der Waals surface area contributed by atoms with Crippen LogP contribution in [0.25, 0.3) is 22.4 Å². The molecule has 3 heterocycles. The highest BCUT2D eigenvalue weighted by Crippen LogP contribution is 2.26. The van der Waals surface area contributed by atoms with E-state index in [9.17, 15) is 18.3 Å². The predicted octanol–water partition coefficient (Wildman–Crippen LogP) is 2.40. The summed E-state index contributed by atoms with van der Waals surface area (Å²) in [6, 6.07) is 6.35. The number of carbonyl (C=O) groups is 1. The third-order valence-corrected chi connectivity index (χ3v) is 7.73. The van der Waals surface area contributed by atoms with Gasteiger partial charge in [-0.3, -0.25) is 4.79 Å². The van der Waals surface area contributed by atoms with E-state index in [4.69, 9.17) is 0 Å². The minimum atomic E-state index is -3.35. The smallest absolute Gasteiger partial charge is 0.258 e. The molecule has 0 aliphatic carbocycles. The molecule has 1 amide bonds. The number of aromatic amines is 1. The Labute approximate surface area is 174 Å². The number of aliphatic hydroxyl groups excluding tert-OH is 1. The molecular formula is C21H24N4O4S. The third kappa shape index (κ3) is 3.48. The van der Waals surface area contributed by atoms with Crippen molar-refractivity contribution in [1.82, 2.24) is 19.9 Å². The summed E-state index contributed by atoms with van der Waals surface area (Å²) in [5.74, 6) is -0.178. The van der Waals surface area contributed by atoms with E-state index in [1.807, 2.05) is 0 Å². The summed E-state index contributed by atoms with van der Waals surface area (Å²) in [5, 5.41) is 9.03. The predicted molar refractivity (Wildman–Crippen MR) is 113 cm³/mol. The van der Waals surface area contributed by atoms with Crippen molar-refractivity contribution in [3.8, 4) is 11.3 Å². The monoisotopic (exact) mass is 428 g/mol. The minimum absolute atomic E-state index is 0.0589. The summed E-state index contributed by atoms with van der Waals surface area (Å²) in [5.41, 5.74) is 2.63. The Hall–Kier alpha value is -2.78. The number of hydrogen-bond donors (Lipinski definition) is 2. The second-order valence-electron chi connectivity index (χ2n) is 7.75. The van der Waals surface area contributed by atoms with Crippen LogP contribution in [0.5, 0.6) is 0 Å². The first-order valence-electron chi connectivity index (χ1n) is 9.93. The number of likely N-dealkylation sites (tertiary alicyclic amines) is 1. The van der Waals surface area contributed by atoms with Gasteiger partial charge in [0.1, 0.15) is 5.52 Å². The molecule has 1 aliphatic heterocycles. The second-order valence-corrected chi connectivity index (χ2v) is 10.3. The molecule has 1 saturated heterocycles. The fourth-order valence-electron chi connectivity index (χ4n) is 3.73. The Morgan fingerprint density at radius 2 is 2.03 bits per heavy atom. The summed E-state index contributed by atoms with van der Waals surface area (Å²) in [6.07, 6.45) is 4.84. The molecule has 2 aromatic heterocycles. The lowest BCUT2D eigenvalue weighted by Gasteiger charge is -2.22. The average Bonchev–Trinajstić information content (AvgIpc) is 3.39. The Morgan fingerprint density at radius 1 is 1.30 bits per heavy atom. The normalized spacial score (nSPS) is 17.2. The number of sulfone groups is 1. The molecule has 1 aromatic carbocycles. The SMILES string of the molecule is CC(C)S(=O)(=O)c1ccc(-c2cnc3[nH]cc(C(=O)N4CCCC4CO)c3n2)cc1. The van der Waals surface area contributed by atoms with Crippen LogP contribution >= 0.6 is 0 Å². The molecule has 0 bridgehead atoms. The van der Waals surface area contributed by atoms with Gasteiger partial charge in [0.2, 0.25) is 0 Å². The second kappa shape index (κ2) is 7.81. The van der Waals surface area contributed by atoms with Crippen LogP contribution in [0.2, 0.25) is 0 Å². The minimum Gasteiger partial charge on any atom is -0.394 e. The van der Waals surface area contributed by atoms with E-state index >= 15 is 0 Å². The number of carbonyl (C=O) groups excluding carboxylic acids is 1. The van der Waals surface area contributed by atoms with Crippen molar-refractivity contribution in [2.24, 2.45) is 0 Å². The molecule has 0 radical (unpaired) electrons. The fourth-order valence-corrected chi connectivity index (χ4v) is 4.79. The van der Waals surface area contributed by atoms with Crippen LogP contribution in [-0.2, 0) is 9.84 Å². The summed E-state index contributed by atoms with van der Waals surface area (Å²) in [4.78, 5) is 26.9. The van der Waals surface area contributed by atoms with Crippen LogP contribution in [0.3, 0.4) is 0 Å². The van der Waals surface area contributed by atoms with Crippen molar-refractivity contribution < 1.29 is 18.3 Å². The molecule has 1 fully saturated rings. The Bertz CT molecular complexity index is 1190. The van der Waals surface area contributed by atoms with Gasteiger partial charge >= 0.3 is 0 Å². The zero-order valence-corrected chi connectivity index (χ0v) is 17.7. The van der Waals surface area contributed by atoms with Gasteiger partial charge in [-0.05, 0) is 38.8 Å². The maximum absolute atomic E-state index is 13.0. The number of benzene rings is 1. The number of H-pyrrole nitrogens is 1. The van der Waals surface area contributed by atoms with Gasteiger partial charge in [-0.2, -0.15) is 0 Å². The molecule has 0 spiro atoms. The highest BCUT2D eigenvalue weighted by molar-refractivity contribution is 7.92. The first-order valence-corrected chi connectivity index (χ1v) is 11.5. The summed E-state index contributed by atoms with van der Waals surface area (Å²) < 4.78 is 24.6. The molecule has 1 aliphatic rings. The van der Waals surface area contributed by atoms with Gasteiger partial charge in [0.05, 0.1) is 40.2 Å². The zero-order chi connectivity index (χ0) is 21.5. The third-order valence-electron chi connectivity index (χ3n) is 5.56. The number of fused-ring (bicyclic) bond motifs is 1. The largest absolute Gasteiger partial charge is 0.394 e. The van der Waals surface area contributed by atoms with Crippen molar-refractivity contribution in [2.45, 2.75) is 42.9 Å². The number of aromatic nitrogens is 3. The van der Waals surface area contributed by atoms with Gasteiger partial charge in [-0.1, -0.05) is 12.1 Å². The van der Waals surface area contributed by atoms with Gasteiger partial charge in [0, 0.05) is 18.3 Å². The van der Waals surface area contributed by atoms with Gasteiger partial charge in [0.25, 0.3) is 5.91 Å². The van der Waals surface area contributed by atoms with Crippen LogP contribution in [0.1, 0.15) is 37.0 Å². The summed E-state index contributed by atoms with van der Waals surface area (Å²) in [6.45, 7) is 3.84. The lowest BCUT2D eigenvalue weighted by molar-refractivity contribution is 0.0679. The fraction of sp³-hybridized carbons (Fsp3) is 0.381. The Balaban J connectivity index is 1.69. The number of nitrogens with zero attached hydrogens (tertiary/aromatic N) is 3. The van der Waals surface area contributed by atoms with Crippen molar-refractivity contribution >= 4 is 26.9 Å². The van der Waals surface area contributed by atoms with Crippen LogP contribution in [-0.4, -0.2) is 63.7 Å². The van der Waals surface area contributed by atoms with Crippen molar-refractivity contribution in [3.05, 3.63) is 42.2 Å². The van der Waals surface area contributed by atoms with Crippen molar-refractivity contribution in [1.29, 1.82) is 0 Å². The lowest BCUT2D eigenvalue weighted by atomic mass is 10.1. The van der Waals surface area contributed by atoms with Crippen molar-refractivity contribution in [3.63, 3.8) is 0 Å². The first-order chi connectivity index (χ1) is 14.3.